The van der Waals surface area contributed by atoms with Crippen LogP contribution < -0.4 is 10.2 Å². The molecule has 0 radical (unpaired) electrons. The van der Waals surface area contributed by atoms with Crippen LogP contribution in [0, 0.1) is 0 Å². The Morgan fingerprint density at radius 2 is 2.28 bits per heavy atom. The molecule has 0 saturated carbocycles. The van der Waals surface area contributed by atoms with Gasteiger partial charge in [0.05, 0.1) is 9.48 Å². The fourth-order valence-corrected chi connectivity index (χ4v) is 2.94. The Morgan fingerprint density at radius 1 is 1.44 bits per heavy atom. The first-order valence-corrected chi connectivity index (χ1v) is 7.41. The first-order chi connectivity index (χ1) is 8.69. The summed E-state index contributed by atoms with van der Waals surface area (Å²) in [6, 6.07) is 8.28. The molecule has 1 N–H and O–H groups in total. The highest BCUT2D eigenvalue weighted by Crippen LogP contribution is 2.22. The third-order valence-corrected chi connectivity index (χ3v) is 4.14. The molecule has 2 aromatic rings. The van der Waals surface area contributed by atoms with E-state index >= 15 is 0 Å². The molecule has 0 amide bonds. The van der Waals surface area contributed by atoms with Crippen molar-refractivity contribution in [3.63, 3.8) is 0 Å². The monoisotopic (exact) mass is 325 g/mol. The zero-order valence-electron chi connectivity index (χ0n) is 10.5. The van der Waals surface area contributed by atoms with E-state index < -0.39 is 0 Å². The number of nitrogens with one attached hydrogen (secondary N) is 1. The summed E-state index contributed by atoms with van der Waals surface area (Å²) >= 11 is 5.20. The third-order valence-electron chi connectivity index (χ3n) is 2.58. The highest BCUT2D eigenvalue weighted by Gasteiger charge is 2.06. The fourth-order valence-electron chi connectivity index (χ4n) is 1.74. The molecule has 0 atom stereocenters. The molecule has 18 heavy (non-hydrogen) atoms. The van der Waals surface area contributed by atoms with Crippen molar-refractivity contribution >= 4 is 33.1 Å². The van der Waals surface area contributed by atoms with Gasteiger partial charge in [-0.2, -0.15) is 0 Å². The molecule has 96 valence electrons. The Balaban J connectivity index is 2.08. The third kappa shape index (κ3) is 3.54. The summed E-state index contributed by atoms with van der Waals surface area (Å²) in [7, 11) is 4.00. The average Bonchev–Trinajstić information content (AvgIpc) is 2.75. The predicted molar refractivity (Wildman–Crippen MR) is 81.1 cm³/mol. The fraction of sp³-hybridized carbons (Fsp3) is 0.308. The molecule has 5 heteroatoms. The molecule has 0 aliphatic rings. The van der Waals surface area contributed by atoms with Crippen molar-refractivity contribution < 1.29 is 0 Å². The summed E-state index contributed by atoms with van der Waals surface area (Å²) in [6.45, 7) is 1.67. The zero-order chi connectivity index (χ0) is 13.0. The first kappa shape index (κ1) is 13.5. The second kappa shape index (κ2) is 6.31. The number of rotatable bonds is 5. The maximum atomic E-state index is 4.62. The van der Waals surface area contributed by atoms with E-state index in [0.29, 0.717) is 0 Å². The van der Waals surface area contributed by atoms with Crippen LogP contribution in [0.2, 0.25) is 0 Å². The number of anilines is 1. The minimum atomic E-state index is 0.797. The second-order valence-electron chi connectivity index (χ2n) is 4.13. The van der Waals surface area contributed by atoms with Gasteiger partial charge in [0.15, 0.2) is 0 Å². The molecular formula is C13H16BrN3S. The Hall–Kier alpha value is -0.910. The molecule has 3 nitrogen and oxygen atoms in total. The van der Waals surface area contributed by atoms with Crippen LogP contribution in [0.4, 0.5) is 5.82 Å². The molecule has 2 heterocycles. The van der Waals surface area contributed by atoms with Crippen molar-refractivity contribution in [1.29, 1.82) is 0 Å². The van der Waals surface area contributed by atoms with Gasteiger partial charge in [0, 0.05) is 20.1 Å². The molecular weight excluding hydrogens is 310 g/mol. The van der Waals surface area contributed by atoms with Crippen molar-refractivity contribution in [2.45, 2.75) is 13.1 Å². The Labute approximate surface area is 120 Å². The molecule has 0 spiro atoms. The van der Waals surface area contributed by atoms with Gasteiger partial charge in [-0.15, -0.1) is 11.3 Å². The first-order valence-electron chi connectivity index (χ1n) is 5.73. The van der Waals surface area contributed by atoms with Crippen molar-refractivity contribution in [2.75, 3.05) is 19.0 Å². The summed E-state index contributed by atoms with van der Waals surface area (Å²) in [5, 5.41) is 5.28. The largest absolute Gasteiger partial charge is 0.355 e. The summed E-state index contributed by atoms with van der Waals surface area (Å²) in [5.41, 5.74) is 2.36. The van der Waals surface area contributed by atoms with E-state index in [1.54, 1.807) is 11.3 Å². The standard InChI is InChI=1S/C13H16BrN3S/c1-15-7-11-4-3-5-13(16-11)17(2)8-10-6-12(14)18-9-10/h3-6,9,15H,7-8H2,1-2H3. The van der Waals surface area contributed by atoms with Crippen LogP contribution in [-0.2, 0) is 13.1 Å². The number of pyridine rings is 1. The summed E-state index contributed by atoms with van der Waals surface area (Å²) in [6.07, 6.45) is 0. The maximum absolute atomic E-state index is 4.62. The van der Waals surface area contributed by atoms with Crippen LogP contribution in [0.5, 0.6) is 0 Å². The summed E-state index contributed by atoms with van der Waals surface area (Å²) in [5.74, 6) is 1.00. The lowest BCUT2D eigenvalue weighted by atomic mass is 10.3. The lowest BCUT2D eigenvalue weighted by Crippen LogP contribution is -2.18. The molecule has 0 bridgehead atoms. The van der Waals surface area contributed by atoms with Gasteiger partial charge >= 0.3 is 0 Å². The summed E-state index contributed by atoms with van der Waals surface area (Å²) < 4.78 is 1.17. The van der Waals surface area contributed by atoms with E-state index in [1.165, 1.54) is 9.35 Å². The topological polar surface area (TPSA) is 28.2 Å². The minimum Gasteiger partial charge on any atom is -0.355 e. The van der Waals surface area contributed by atoms with Crippen LogP contribution in [0.3, 0.4) is 0 Å². The quantitative estimate of drug-likeness (QED) is 0.914. The van der Waals surface area contributed by atoms with Crippen LogP contribution in [-0.4, -0.2) is 19.1 Å². The lowest BCUT2D eigenvalue weighted by Gasteiger charge is -2.18. The number of hydrogen-bond acceptors (Lipinski definition) is 4. The molecule has 0 aliphatic heterocycles. The highest BCUT2D eigenvalue weighted by atomic mass is 79.9. The number of nitrogens with zero attached hydrogens (tertiary/aromatic N) is 2. The van der Waals surface area contributed by atoms with Crippen LogP contribution in [0.1, 0.15) is 11.3 Å². The number of halogens is 1. The SMILES string of the molecule is CNCc1cccc(N(C)Cc2csc(Br)c2)n1. The second-order valence-corrected chi connectivity index (χ2v) is 6.42. The molecule has 2 aromatic heterocycles. The Bertz CT molecular complexity index is 512. The number of aromatic nitrogens is 1. The van der Waals surface area contributed by atoms with Crippen molar-refractivity contribution in [3.05, 3.63) is 44.7 Å². The number of thiophene rings is 1. The maximum Gasteiger partial charge on any atom is 0.128 e. The van der Waals surface area contributed by atoms with Crippen LogP contribution in [0.25, 0.3) is 0 Å². The van der Waals surface area contributed by atoms with Gasteiger partial charge < -0.3 is 10.2 Å². The molecule has 0 saturated heterocycles. The molecule has 0 fully saturated rings. The molecule has 0 aromatic carbocycles. The van der Waals surface area contributed by atoms with E-state index in [4.69, 9.17) is 0 Å². The highest BCUT2D eigenvalue weighted by molar-refractivity contribution is 9.11. The van der Waals surface area contributed by atoms with Crippen molar-refractivity contribution in [3.8, 4) is 0 Å². The van der Waals surface area contributed by atoms with Gasteiger partial charge in [-0.25, -0.2) is 4.98 Å². The van der Waals surface area contributed by atoms with E-state index in [-0.39, 0.29) is 0 Å². The molecule has 2 rings (SSSR count). The van der Waals surface area contributed by atoms with Crippen LogP contribution >= 0.6 is 27.3 Å². The van der Waals surface area contributed by atoms with Gasteiger partial charge in [-0.3, -0.25) is 0 Å². The minimum absolute atomic E-state index is 0.797. The van der Waals surface area contributed by atoms with Gasteiger partial charge in [0.2, 0.25) is 0 Å². The smallest absolute Gasteiger partial charge is 0.128 e. The van der Waals surface area contributed by atoms with E-state index in [9.17, 15) is 0 Å². The van der Waals surface area contributed by atoms with Crippen LogP contribution in [0.15, 0.2) is 33.4 Å². The van der Waals surface area contributed by atoms with E-state index in [0.717, 1.165) is 24.6 Å². The van der Waals surface area contributed by atoms with Crippen molar-refractivity contribution in [2.24, 2.45) is 0 Å². The molecule has 0 unspecified atom stereocenters. The number of hydrogen-bond donors (Lipinski definition) is 1. The molecule has 0 aliphatic carbocycles. The van der Waals surface area contributed by atoms with Gasteiger partial charge in [0.1, 0.15) is 5.82 Å². The summed E-state index contributed by atoms with van der Waals surface area (Å²) in [4.78, 5) is 6.78. The lowest BCUT2D eigenvalue weighted by molar-refractivity contribution is 0.783. The van der Waals surface area contributed by atoms with Gasteiger partial charge in [0.25, 0.3) is 0 Å². The Morgan fingerprint density at radius 3 is 2.94 bits per heavy atom. The normalized spacial score (nSPS) is 10.6. The van der Waals surface area contributed by atoms with E-state index in [2.05, 4.69) is 55.7 Å². The van der Waals surface area contributed by atoms with Gasteiger partial charge in [-0.05, 0) is 52.1 Å². The van der Waals surface area contributed by atoms with Crippen molar-refractivity contribution in [1.82, 2.24) is 10.3 Å². The zero-order valence-corrected chi connectivity index (χ0v) is 12.9. The average molecular weight is 326 g/mol. The van der Waals surface area contributed by atoms with Gasteiger partial charge in [-0.1, -0.05) is 6.07 Å². The predicted octanol–water partition coefficient (Wildman–Crippen LogP) is 3.26. The van der Waals surface area contributed by atoms with E-state index in [1.807, 2.05) is 19.2 Å². The Kier molecular flexibility index (Phi) is 4.74.